The molecule has 2 aliphatic rings. The summed E-state index contributed by atoms with van der Waals surface area (Å²) in [7, 11) is 2.19. The summed E-state index contributed by atoms with van der Waals surface area (Å²) in [6, 6.07) is 7.74. The van der Waals surface area contributed by atoms with E-state index in [4.69, 9.17) is 4.98 Å². The summed E-state index contributed by atoms with van der Waals surface area (Å²) in [6.07, 6.45) is 4.41. The van der Waals surface area contributed by atoms with E-state index < -0.39 is 11.6 Å². The fraction of sp³-hybridized carbons (Fsp3) is 0.448. The first-order valence-electron chi connectivity index (χ1n) is 13.7. The molecule has 204 valence electrons. The third kappa shape index (κ3) is 4.98. The van der Waals surface area contributed by atoms with Crippen molar-refractivity contribution in [3.05, 3.63) is 59.2 Å². The summed E-state index contributed by atoms with van der Waals surface area (Å²) < 4.78 is 31.9. The molecule has 0 atom stereocenters. The summed E-state index contributed by atoms with van der Waals surface area (Å²) in [4.78, 5) is 22.7. The van der Waals surface area contributed by atoms with Crippen LogP contribution in [0.25, 0.3) is 22.3 Å². The van der Waals surface area contributed by atoms with E-state index in [0.717, 1.165) is 44.5 Å². The summed E-state index contributed by atoms with van der Waals surface area (Å²) in [5.41, 5.74) is 3.54. The van der Waals surface area contributed by atoms with Crippen molar-refractivity contribution in [3.63, 3.8) is 0 Å². The lowest BCUT2D eigenvalue weighted by Gasteiger charge is -2.39. The third-order valence-electron chi connectivity index (χ3n) is 7.98. The third-order valence-corrected chi connectivity index (χ3v) is 7.98. The van der Waals surface area contributed by atoms with Crippen molar-refractivity contribution in [3.8, 4) is 11.3 Å². The number of aromatic nitrogens is 5. The van der Waals surface area contributed by atoms with Gasteiger partial charge in [0.15, 0.2) is 11.6 Å². The van der Waals surface area contributed by atoms with Gasteiger partial charge in [-0.3, -0.25) is 4.90 Å². The van der Waals surface area contributed by atoms with Crippen molar-refractivity contribution in [1.29, 1.82) is 0 Å². The Hall–Kier alpha value is -3.50. The molecule has 0 radical (unpaired) electrons. The molecule has 0 spiro atoms. The van der Waals surface area contributed by atoms with E-state index in [2.05, 4.69) is 43.2 Å². The predicted molar refractivity (Wildman–Crippen MR) is 148 cm³/mol. The highest BCUT2D eigenvalue weighted by atomic mass is 19.1. The van der Waals surface area contributed by atoms with Crippen LogP contribution in [0.1, 0.15) is 49.8 Å². The average molecular weight is 533 g/mol. The number of piperidine rings is 1. The lowest BCUT2D eigenvalue weighted by Crippen LogP contribution is -2.45. The second-order valence-corrected chi connectivity index (χ2v) is 11.0. The minimum atomic E-state index is -0.626. The minimum absolute atomic E-state index is 0.0224. The molecule has 3 aromatic heterocycles. The number of hydrogen-bond acceptors (Lipinski definition) is 7. The zero-order valence-corrected chi connectivity index (χ0v) is 22.9. The molecular weight excluding hydrogens is 498 g/mol. The van der Waals surface area contributed by atoms with Crippen LogP contribution in [0.5, 0.6) is 0 Å². The minimum Gasteiger partial charge on any atom is -0.326 e. The number of rotatable bonds is 5. The Balaban J connectivity index is 1.24. The van der Waals surface area contributed by atoms with Gasteiger partial charge >= 0.3 is 0 Å². The number of benzene rings is 1. The second-order valence-electron chi connectivity index (χ2n) is 11.0. The lowest BCUT2D eigenvalue weighted by atomic mass is 9.98. The van der Waals surface area contributed by atoms with Gasteiger partial charge in [-0.15, -0.1) is 0 Å². The van der Waals surface area contributed by atoms with Gasteiger partial charge in [0.1, 0.15) is 22.9 Å². The summed E-state index contributed by atoms with van der Waals surface area (Å²) in [5, 5.41) is 3.13. The molecular formula is C29H34F2N8. The number of halogens is 2. The van der Waals surface area contributed by atoms with E-state index in [-0.39, 0.29) is 23.2 Å². The largest absolute Gasteiger partial charge is 0.326 e. The average Bonchev–Trinajstić information content (AvgIpc) is 3.26. The Labute approximate surface area is 227 Å². The van der Waals surface area contributed by atoms with Gasteiger partial charge in [0.25, 0.3) is 0 Å². The van der Waals surface area contributed by atoms with Crippen LogP contribution in [0.3, 0.4) is 0 Å². The van der Waals surface area contributed by atoms with Crippen LogP contribution in [0, 0.1) is 18.6 Å². The molecule has 1 saturated heterocycles. The Morgan fingerprint density at radius 1 is 1.00 bits per heavy atom. The van der Waals surface area contributed by atoms with Gasteiger partial charge in [0.2, 0.25) is 5.95 Å². The van der Waals surface area contributed by atoms with Gasteiger partial charge in [-0.2, -0.15) is 0 Å². The number of aryl methyl sites for hydroxylation is 1. The van der Waals surface area contributed by atoms with Gasteiger partial charge < -0.3 is 14.8 Å². The highest BCUT2D eigenvalue weighted by Gasteiger charge is 2.27. The molecule has 10 heteroatoms. The molecule has 1 aromatic carbocycles. The van der Waals surface area contributed by atoms with Crippen molar-refractivity contribution in [2.24, 2.45) is 0 Å². The topological polar surface area (TPSA) is 75.0 Å². The summed E-state index contributed by atoms with van der Waals surface area (Å²) >= 11 is 0. The van der Waals surface area contributed by atoms with Gasteiger partial charge in [0, 0.05) is 42.9 Å². The van der Waals surface area contributed by atoms with Crippen molar-refractivity contribution in [2.75, 3.05) is 32.0 Å². The molecule has 8 nitrogen and oxygen atoms in total. The van der Waals surface area contributed by atoms with Gasteiger partial charge in [-0.1, -0.05) is 6.07 Å². The Morgan fingerprint density at radius 3 is 2.56 bits per heavy atom. The quantitative estimate of drug-likeness (QED) is 0.376. The first-order chi connectivity index (χ1) is 18.8. The maximum Gasteiger partial charge on any atom is 0.229 e. The standard InChI is InChI=1S/C29H34F2N8/c1-17(2)39-18(3)33-28-22(30)13-20(14-25(28)39)27-23(31)15-32-29(36-27)35-26-6-5-19-16-38(12-9-24(19)34-26)21-7-10-37(4)11-8-21/h5-6,13-15,17,21H,7-12,16H2,1-4H3,(H,32,34,35,36). The molecule has 6 rings (SSSR count). The molecule has 0 saturated carbocycles. The molecule has 0 bridgehead atoms. The van der Waals surface area contributed by atoms with Crippen molar-refractivity contribution in [2.45, 2.75) is 58.7 Å². The molecule has 39 heavy (non-hydrogen) atoms. The molecule has 4 aromatic rings. The maximum absolute atomic E-state index is 15.0. The van der Waals surface area contributed by atoms with E-state index in [1.54, 1.807) is 6.07 Å². The fourth-order valence-corrected chi connectivity index (χ4v) is 5.98. The maximum atomic E-state index is 15.0. The van der Waals surface area contributed by atoms with Crippen LogP contribution >= 0.6 is 0 Å². The second kappa shape index (κ2) is 10.2. The van der Waals surface area contributed by atoms with E-state index in [1.165, 1.54) is 24.5 Å². The summed E-state index contributed by atoms with van der Waals surface area (Å²) in [5.74, 6) is 0.377. The molecule has 0 aliphatic carbocycles. The zero-order chi connectivity index (χ0) is 27.3. The number of imidazole rings is 1. The van der Waals surface area contributed by atoms with Crippen LogP contribution in [-0.4, -0.2) is 67.0 Å². The van der Waals surface area contributed by atoms with Gasteiger partial charge in [-0.05, 0) is 77.5 Å². The van der Waals surface area contributed by atoms with E-state index >= 15 is 4.39 Å². The number of fused-ring (bicyclic) bond motifs is 2. The van der Waals surface area contributed by atoms with Gasteiger partial charge in [-0.25, -0.2) is 28.7 Å². The molecule has 2 aliphatic heterocycles. The summed E-state index contributed by atoms with van der Waals surface area (Å²) in [6.45, 7) is 10.1. The monoisotopic (exact) mass is 532 g/mol. The van der Waals surface area contributed by atoms with E-state index in [0.29, 0.717) is 28.8 Å². The normalized spacial score (nSPS) is 17.2. The number of hydrogen-bond donors (Lipinski definition) is 1. The van der Waals surface area contributed by atoms with Crippen LogP contribution in [0.2, 0.25) is 0 Å². The zero-order valence-electron chi connectivity index (χ0n) is 22.9. The predicted octanol–water partition coefficient (Wildman–Crippen LogP) is 5.25. The molecule has 5 heterocycles. The SMILES string of the molecule is Cc1nc2c(F)cc(-c3nc(Nc4ccc5c(n4)CCN(C4CCN(C)CC4)C5)ncc3F)cc2n1C(C)C. The van der Waals surface area contributed by atoms with E-state index in [1.807, 2.05) is 31.4 Å². The fourth-order valence-electron chi connectivity index (χ4n) is 5.98. The molecule has 0 amide bonds. The van der Waals surface area contributed by atoms with E-state index in [9.17, 15) is 4.39 Å². The van der Waals surface area contributed by atoms with Crippen LogP contribution in [0.4, 0.5) is 20.5 Å². The Bertz CT molecular complexity index is 1520. The van der Waals surface area contributed by atoms with Crippen molar-refractivity contribution in [1.82, 2.24) is 34.3 Å². The number of anilines is 2. The Kier molecular flexibility index (Phi) is 6.76. The number of nitrogens with zero attached hydrogens (tertiary/aromatic N) is 7. The van der Waals surface area contributed by atoms with Crippen molar-refractivity contribution >= 4 is 22.8 Å². The lowest BCUT2D eigenvalue weighted by molar-refractivity contribution is 0.109. The first-order valence-corrected chi connectivity index (χ1v) is 13.7. The smallest absolute Gasteiger partial charge is 0.229 e. The van der Waals surface area contributed by atoms with Crippen LogP contribution in [0.15, 0.2) is 30.5 Å². The van der Waals surface area contributed by atoms with Crippen LogP contribution < -0.4 is 5.32 Å². The molecule has 1 N–H and O–H groups in total. The van der Waals surface area contributed by atoms with Gasteiger partial charge in [0.05, 0.1) is 11.7 Å². The Morgan fingerprint density at radius 2 is 1.79 bits per heavy atom. The number of pyridine rings is 1. The first kappa shape index (κ1) is 25.8. The van der Waals surface area contributed by atoms with Crippen LogP contribution in [-0.2, 0) is 13.0 Å². The number of nitrogens with one attached hydrogen (secondary N) is 1. The number of likely N-dealkylation sites (tertiary alicyclic amines) is 1. The molecule has 1 fully saturated rings. The van der Waals surface area contributed by atoms with Crippen molar-refractivity contribution < 1.29 is 8.78 Å². The molecule has 0 unspecified atom stereocenters. The highest BCUT2D eigenvalue weighted by molar-refractivity contribution is 5.83. The highest BCUT2D eigenvalue weighted by Crippen LogP contribution is 2.31.